The highest BCUT2D eigenvalue weighted by Gasteiger charge is 2.40. The molecule has 8 nitrogen and oxygen atoms in total. The zero-order chi connectivity index (χ0) is 37.6. The lowest BCUT2D eigenvalue weighted by Crippen LogP contribution is -3.00. The van der Waals surface area contributed by atoms with Crippen molar-refractivity contribution in [1.82, 2.24) is 9.80 Å². The molecule has 0 bridgehead atoms. The topological polar surface area (TPSA) is 74.8 Å². The Hall–Kier alpha value is -3.44. The van der Waals surface area contributed by atoms with Gasteiger partial charge < -0.3 is 42.9 Å². The zero-order valence-corrected chi connectivity index (χ0v) is 36.3. The van der Waals surface area contributed by atoms with Crippen molar-refractivity contribution in [2.24, 2.45) is 10.8 Å². The molecule has 4 amide bonds. The molecule has 2 aliphatic heterocycles. The van der Waals surface area contributed by atoms with Gasteiger partial charge in [-0.2, -0.15) is 0 Å². The quantitative estimate of drug-likeness (QED) is 0.104. The van der Waals surface area contributed by atoms with Gasteiger partial charge in [-0.15, -0.1) is 0 Å². The molecule has 2 heterocycles. The molecule has 0 atom stereocenters. The highest BCUT2D eigenvalue weighted by molar-refractivity contribution is 6.26. The number of carbonyl (C=O) groups excluding carboxylic acids is 4. The first-order valence-corrected chi connectivity index (χ1v) is 18.8. The van der Waals surface area contributed by atoms with E-state index >= 15 is 0 Å². The summed E-state index contributed by atoms with van der Waals surface area (Å²) >= 11 is 0. The highest BCUT2D eigenvalue weighted by atomic mass is 79.9. The number of hydrogen-bond acceptors (Lipinski definition) is 4. The summed E-state index contributed by atoms with van der Waals surface area (Å²) in [6.07, 6.45) is 4.48. The maximum absolute atomic E-state index is 13.5. The van der Waals surface area contributed by atoms with Crippen molar-refractivity contribution in [1.29, 1.82) is 0 Å². The normalized spacial score (nSPS) is 14.8. The number of benzene rings is 4. The minimum atomic E-state index is -0.260. The van der Waals surface area contributed by atoms with E-state index in [9.17, 15) is 19.2 Å². The van der Waals surface area contributed by atoms with E-state index in [4.69, 9.17) is 0 Å². The van der Waals surface area contributed by atoms with Crippen molar-refractivity contribution >= 4 is 45.2 Å². The molecule has 6 rings (SSSR count). The van der Waals surface area contributed by atoms with E-state index in [-0.39, 0.29) is 68.4 Å². The molecule has 54 heavy (non-hydrogen) atoms. The number of hydrogen-bond donors (Lipinski definition) is 0. The lowest BCUT2D eigenvalue weighted by Gasteiger charge is -2.40. The molecular weight excluding hydrogens is 808 g/mol. The predicted molar refractivity (Wildman–Crippen MR) is 208 cm³/mol. The first-order chi connectivity index (χ1) is 24.4. The molecular formula is C44H56Br2N4O4. The second-order valence-electron chi connectivity index (χ2n) is 18.2. The molecule has 290 valence electrons. The van der Waals surface area contributed by atoms with Crippen LogP contribution in [0.4, 0.5) is 0 Å². The van der Waals surface area contributed by atoms with Crippen molar-refractivity contribution in [2.75, 3.05) is 67.5 Å². The van der Waals surface area contributed by atoms with Gasteiger partial charge in [0.25, 0.3) is 23.6 Å². The number of nitrogens with zero attached hydrogens (tertiary/aromatic N) is 4. The maximum Gasteiger partial charge on any atom is 0.261 e. The highest BCUT2D eigenvalue weighted by Crippen LogP contribution is 2.34. The number of unbranched alkanes of at least 4 members (excludes halogenated alkanes) is 3. The zero-order valence-electron chi connectivity index (χ0n) is 33.2. The van der Waals surface area contributed by atoms with Gasteiger partial charge in [0, 0.05) is 56.9 Å². The fraction of sp³-hybridized carbons (Fsp3) is 0.455. The molecule has 0 spiro atoms. The fourth-order valence-corrected chi connectivity index (χ4v) is 9.31. The molecule has 0 N–H and O–H groups in total. The molecule has 0 saturated carbocycles. The minimum Gasteiger partial charge on any atom is -1.00 e. The Labute approximate surface area is 342 Å². The third-order valence-corrected chi connectivity index (χ3v) is 10.9. The number of imide groups is 2. The van der Waals surface area contributed by atoms with E-state index in [2.05, 4.69) is 55.9 Å². The lowest BCUT2D eigenvalue weighted by atomic mass is 9.88. The summed E-state index contributed by atoms with van der Waals surface area (Å²) in [7, 11) is 8.99. The Morgan fingerprint density at radius 1 is 0.463 bits per heavy atom. The number of quaternary nitrogens is 2. The van der Waals surface area contributed by atoms with Crippen molar-refractivity contribution in [2.45, 2.75) is 53.4 Å². The summed E-state index contributed by atoms with van der Waals surface area (Å²) < 4.78 is 1.64. The van der Waals surface area contributed by atoms with Crippen LogP contribution in [0, 0.1) is 10.8 Å². The monoisotopic (exact) mass is 862 g/mol. The van der Waals surface area contributed by atoms with Crippen molar-refractivity contribution < 1.29 is 62.1 Å². The molecule has 0 radical (unpaired) electrons. The third-order valence-electron chi connectivity index (χ3n) is 10.9. The second-order valence-corrected chi connectivity index (χ2v) is 18.2. The molecule has 10 heteroatoms. The van der Waals surface area contributed by atoms with Crippen LogP contribution in [0.2, 0.25) is 0 Å². The Kier molecular flexibility index (Phi) is 13.1. The average Bonchev–Trinajstić information content (AvgIpc) is 3.06. The van der Waals surface area contributed by atoms with E-state index in [1.165, 1.54) is 9.80 Å². The molecule has 0 saturated heterocycles. The van der Waals surface area contributed by atoms with Crippen molar-refractivity contribution in [3.63, 3.8) is 0 Å². The van der Waals surface area contributed by atoms with Gasteiger partial charge in [-0.05, 0) is 60.7 Å². The summed E-state index contributed by atoms with van der Waals surface area (Å²) in [5.41, 5.74) is 1.92. The van der Waals surface area contributed by atoms with E-state index in [1.807, 2.05) is 72.8 Å². The number of rotatable bonds is 15. The standard InChI is InChI=1S/C44H56N4O4.2BrH/c1-43(2,27-45-39(49)33-21-13-17-31-18-14-22-34(37(31)33)40(45)50)29-47(5,6)25-11-9-10-12-26-48(7,8)30-44(3,4)28-46-41(51)35-23-15-19-32-20-16-24-36(38(32)35)42(46)52;;/h13-24H,9-12,25-30H2,1-8H3;2*1H/q+2;;/p-2. The van der Waals surface area contributed by atoms with Crippen LogP contribution < -0.4 is 34.0 Å². The molecule has 0 aromatic heterocycles. The first kappa shape index (κ1) is 43.3. The van der Waals surface area contributed by atoms with E-state index in [1.54, 1.807) is 0 Å². The van der Waals surface area contributed by atoms with Gasteiger partial charge in [0.15, 0.2) is 0 Å². The second kappa shape index (κ2) is 16.3. The van der Waals surface area contributed by atoms with Gasteiger partial charge in [0.2, 0.25) is 0 Å². The Balaban J connectivity index is 0.00000325. The van der Waals surface area contributed by atoms with Gasteiger partial charge in [-0.3, -0.25) is 29.0 Å². The third kappa shape index (κ3) is 9.15. The van der Waals surface area contributed by atoms with Gasteiger partial charge in [0.05, 0.1) is 54.4 Å². The van der Waals surface area contributed by atoms with Crippen LogP contribution >= 0.6 is 0 Å². The number of amides is 4. The largest absolute Gasteiger partial charge is 1.00 e. The summed E-state index contributed by atoms with van der Waals surface area (Å²) in [5, 5.41) is 3.39. The van der Waals surface area contributed by atoms with Gasteiger partial charge in [0.1, 0.15) is 0 Å². The molecule has 0 fully saturated rings. The molecule has 4 aromatic rings. The SMILES string of the molecule is CC(C)(CN1C(=O)c2cccc3cccc(c23)C1=O)C[N+](C)(C)CCCCCC[N+](C)(C)CC(C)(C)CN1C(=O)c2cccc3cccc(c23)C1=O.[Br-].[Br-]. The molecule has 0 aliphatic carbocycles. The summed E-state index contributed by atoms with van der Waals surface area (Å²) in [5.74, 6) is -0.798. The fourth-order valence-electron chi connectivity index (χ4n) is 9.31. The smallest absolute Gasteiger partial charge is 0.261 e. The molecule has 0 unspecified atom stereocenters. The minimum absolute atomic E-state index is 0. The maximum atomic E-state index is 13.5. The predicted octanol–water partition coefficient (Wildman–Crippen LogP) is 1.66. The van der Waals surface area contributed by atoms with Gasteiger partial charge in [-0.1, -0.05) is 76.2 Å². The van der Waals surface area contributed by atoms with Crippen LogP contribution in [-0.2, 0) is 0 Å². The number of carbonyl (C=O) groups is 4. The van der Waals surface area contributed by atoms with Gasteiger partial charge in [-0.25, -0.2) is 0 Å². The van der Waals surface area contributed by atoms with E-state index < -0.39 is 0 Å². The van der Waals surface area contributed by atoms with Crippen LogP contribution in [-0.4, -0.2) is 110 Å². The Bertz CT molecular complexity index is 1820. The Morgan fingerprint density at radius 3 is 1.02 bits per heavy atom. The summed E-state index contributed by atoms with van der Waals surface area (Å²) in [6, 6.07) is 22.7. The summed E-state index contributed by atoms with van der Waals surface area (Å²) in [4.78, 5) is 57.1. The Morgan fingerprint density at radius 2 is 0.741 bits per heavy atom. The van der Waals surface area contributed by atoms with E-state index in [0.717, 1.165) is 82.4 Å². The lowest BCUT2D eigenvalue weighted by molar-refractivity contribution is -0.897. The molecule has 4 aromatic carbocycles. The van der Waals surface area contributed by atoms with Crippen LogP contribution in [0.1, 0.15) is 94.8 Å². The first-order valence-electron chi connectivity index (χ1n) is 18.8. The van der Waals surface area contributed by atoms with Crippen LogP contribution in [0.25, 0.3) is 21.5 Å². The van der Waals surface area contributed by atoms with Crippen LogP contribution in [0.15, 0.2) is 72.8 Å². The van der Waals surface area contributed by atoms with Crippen LogP contribution in [0.5, 0.6) is 0 Å². The summed E-state index contributed by atoms with van der Waals surface area (Å²) in [6.45, 7) is 13.1. The van der Waals surface area contributed by atoms with E-state index in [0.29, 0.717) is 35.3 Å². The van der Waals surface area contributed by atoms with Gasteiger partial charge >= 0.3 is 0 Å². The average molecular weight is 865 g/mol. The van der Waals surface area contributed by atoms with Crippen LogP contribution in [0.3, 0.4) is 0 Å². The molecule has 2 aliphatic rings. The number of halogens is 2. The van der Waals surface area contributed by atoms with Crippen molar-refractivity contribution in [3.8, 4) is 0 Å². The van der Waals surface area contributed by atoms with Crippen molar-refractivity contribution in [3.05, 3.63) is 95.1 Å².